The van der Waals surface area contributed by atoms with E-state index in [9.17, 15) is 9.59 Å². The highest BCUT2D eigenvalue weighted by Crippen LogP contribution is 2.19. The number of nitrogens with one attached hydrogen (secondary N) is 1. The molecule has 0 saturated carbocycles. The van der Waals surface area contributed by atoms with E-state index < -0.39 is 5.76 Å². The molecule has 2 heterocycles. The summed E-state index contributed by atoms with van der Waals surface area (Å²) in [5, 5.41) is 12.0. The minimum absolute atomic E-state index is 0.0881. The van der Waals surface area contributed by atoms with Crippen LogP contribution >= 0.6 is 0 Å². The van der Waals surface area contributed by atoms with Gasteiger partial charge in [0.1, 0.15) is 0 Å². The summed E-state index contributed by atoms with van der Waals surface area (Å²) in [6.45, 7) is 1.51. The van der Waals surface area contributed by atoms with Crippen molar-refractivity contribution in [2.45, 2.75) is 38.3 Å². The molecule has 3 rings (SSSR count). The lowest BCUT2D eigenvalue weighted by molar-refractivity contribution is 0.131. The van der Waals surface area contributed by atoms with Crippen LogP contribution in [0.15, 0.2) is 33.5 Å². The molecule has 1 aromatic heterocycles. The number of nitrogens with zero attached hydrogens (tertiary/aromatic N) is 2. The molecule has 0 aliphatic carbocycles. The first kappa shape index (κ1) is 16.6. The highest BCUT2D eigenvalue weighted by Gasteiger charge is 2.25. The van der Waals surface area contributed by atoms with Crippen LogP contribution in [0.2, 0.25) is 0 Å². The predicted octanol–water partition coefficient (Wildman–Crippen LogP) is 1.54. The fraction of sp³-hybridized carbons (Fsp3) is 0.529. The van der Waals surface area contributed by atoms with Gasteiger partial charge in [0.15, 0.2) is 5.58 Å². The predicted molar refractivity (Wildman–Crippen MR) is 89.9 cm³/mol. The fourth-order valence-electron chi connectivity index (χ4n) is 3.32. The summed E-state index contributed by atoms with van der Waals surface area (Å²) < 4.78 is 6.70. The number of carbonyl (C=O) groups excluding carboxylic acids is 1. The van der Waals surface area contributed by atoms with Crippen LogP contribution in [0.25, 0.3) is 11.1 Å². The Morgan fingerprint density at radius 1 is 1.33 bits per heavy atom. The van der Waals surface area contributed by atoms with E-state index >= 15 is 0 Å². The first-order valence-electron chi connectivity index (χ1n) is 8.44. The van der Waals surface area contributed by atoms with Crippen LogP contribution in [0.3, 0.4) is 0 Å². The average Bonchev–Trinajstić information content (AvgIpc) is 2.91. The van der Waals surface area contributed by atoms with Crippen LogP contribution in [0.5, 0.6) is 0 Å². The molecule has 0 bridgehead atoms. The van der Waals surface area contributed by atoms with Gasteiger partial charge in [-0.3, -0.25) is 4.57 Å². The molecule has 0 radical (unpaired) electrons. The zero-order valence-corrected chi connectivity index (χ0v) is 13.6. The largest absolute Gasteiger partial charge is 0.420 e. The summed E-state index contributed by atoms with van der Waals surface area (Å²) in [5.41, 5.74) is 1.28. The Balaban J connectivity index is 1.60. The number of hydrogen-bond acceptors (Lipinski definition) is 4. The quantitative estimate of drug-likeness (QED) is 0.869. The molecule has 1 saturated heterocycles. The first-order valence-corrected chi connectivity index (χ1v) is 8.44. The van der Waals surface area contributed by atoms with Crippen LogP contribution in [0.1, 0.15) is 25.7 Å². The summed E-state index contributed by atoms with van der Waals surface area (Å²) in [6.07, 6.45) is 3.62. The van der Waals surface area contributed by atoms with E-state index in [0.717, 1.165) is 24.8 Å². The van der Waals surface area contributed by atoms with E-state index in [1.54, 1.807) is 11.0 Å². The van der Waals surface area contributed by atoms with E-state index in [1.807, 2.05) is 18.2 Å². The summed E-state index contributed by atoms with van der Waals surface area (Å²) in [4.78, 5) is 26.1. The number of hydrogen-bond donors (Lipinski definition) is 2. The molecular weight excluding hydrogens is 310 g/mol. The number of oxazole rings is 1. The second-order valence-corrected chi connectivity index (χ2v) is 6.07. The number of piperidine rings is 1. The summed E-state index contributed by atoms with van der Waals surface area (Å²) >= 11 is 0. The summed E-state index contributed by atoms with van der Waals surface area (Å²) in [7, 11) is 0. The number of benzene rings is 1. The van der Waals surface area contributed by atoms with Crippen molar-refractivity contribution in [2.75, 3.05) is 19.7 Å². The topological polar surface area (TPSA) is 87.7 Å². The maximum Gasteiger partial charge on any atom is 0.420 e. The SMILES string of the molecule is O=C(NCCn1c(=O)oc2ccccc21)N1CCCCC1CCO. The lowest BCUT2D eigenvalue weighted by Crippen LogP contribution is -2.49. The van der Waals surface area contributed by atoms with Gasteiger partial charge in [-0.2, -0.15) is 0 Å². The monoisotopic (exact) mass is 333 g/mol. The number of amides is 2. The molecule has 2 aromatic rings. The third-order valence-corrected chi connectivity index (χ3v) is 4.54. The molecule has 7 nitrogen and oxygen atoms in total. The average molecular weight is 333 g/mol. The molecule has 24 heavy (non-hydrogen) atoms. The maximum atomic E-state index is 12.4. The number of urea groups is 1. The van der Waals surface area contributed by atoms with Crippen molar-refractivity contribution >= 4 is 17.1 Å². The van der Waals surface area contributed by atoms with Crippen molar-refractivity contribution in [2.24, 2.45) is 0 Å². The number of aromatic nitrogens is 1. The van der Waals surface area contributed by atoms with Crippen molar-refractivity contribution in [3.8, 4) is 0 Å². The molecule has 130 valence electrons. The molecule has 1 aliphatic heterocycles. The van der Waals surface area contributed by atoms with Gasteiger partial charge in [0.05, 0.1) is 5.52 Å². The van der Waals surface area contributed by atoms with Gasteiger partial charge in [-0.05, 0) is 37.8 Å². The van der Waals surface area contributed by atoms with E-state index in [4.69, 9.17) is 9.52 Å². The van der Waals surface area contributed by atoms with Gasteiger partial charge >= 0.3 is 11.8 Å². The Labute approximate surface area is 139 Å². The Morgan fingerprint density at radius 3 is 3.00 bits per heavy atom. The van der Waals surface area contributed by atoms with Crippen LogP contribution in [0.4, 0.5) is 4.79 Å². The zero-order chi connectivity index (χ0) is 16.9. The summed E-state index contributed by atoms with van der Waals surface area (Å²) in [5.74, 6) is -0.415. The number of aliphatic hydroxyl groups excluding tert-OH is 1. The molecule has 1 atom stereocenters. The van der Waals surface area contributed by atoms with Crippen LogP contribution < -0.4 is 11.1 Å². The van der Waals surface area contributed by atoms with Crippen molar-refractivity contribution in [3.63, 3.8) is 0 Å². The van der Waals surface area contributed by atoms with Gasteiger partial charge in [0, 0.05) is 32.3 Å². The molecule has 2 amide bonds. The smallest absolute Gasteiger partial charge is 0.408 e. The van der Waals surface area contributed by atoms with Crippen molar-refractivity contribution in [1.29, 1.82) is 0 Å². The van der Waals surface area contributed by atoms with Crippen molar-refractivity contribution in [1.82, 2.24) is 14.8 Å². The Hall–Kier alpha value is -2.28. The van der Waals surface area contributed by atoms with Gasteiger partial charge in [-0.15, -0.1) is 0 Å². The van der Waals surface area contributed by atoms with Gasteiger partial charge in [0.25, 0.3) is 0 Å². The molecule has 1 aromatic carbocycles. The molecule has 1 unspecified atom stereocenters. The maximum absolute atomic E-state index is 12.4. The number of rotatable bonds is 5. The minimum atomic E-state index is -0.415. The number of para-hydroxylation sites is 2. The number of carbonyl (C=O) groups is 1. The van der Waals surface area contributed by atoms with Gasteiger partial charge in [-0.25, -0.2) is 9.59 Å². The molecule has 0 spiro atoms. The standard InChI is InChI=1S/C17H23N3O4/c21-12-8-13-5-3-4-10-19(13)16(22)18-9-11-20-14-6-1-2-7-15(14)24-17(20)23/h1-2,6-7,13,21H,3-5,8-12H2,(H,18,22). The second kappa shape index (κ2) is 7.53. The van der Waals surface area contributed by atoms with Gasteiger partial charge in [-0.1, -0.05) is 12.1 Å². The van der Waals surface area contributed by atoms with E-state index in [-0.39, 0.29) is 18.7 Å². The molecule has 2 N–H and O–H groups in total. The second-order valence-electron chi connectivity index (χ2n) is 6.07. The normalized spacial score (nSPS) is 18.0. The highest BCUT2D eigenvalue weighted by molar-refractivity contribution is 5.75. The van der Waals surface area contributed by atoms with E-state index in [2.05, 4.69) is 5.32 Å². The number of likely N-dealkylation sites (tertiary alicyclic amines) is 1. The lowest BCUT2D eigenvalue weighted by Gasteiger charge is -2.35. The van der Waals surface area contributed by atoms with Crippen molar-refractivity contribution in [3.05, 3.63) is 34.8 Å². The third-order valence-electron chi connectivity index (χ3n) is 4.54. The zero-order valence-electron chi connectivity index (χ0n) is 13.6. The molecule has 1 fully saturated rings. The number of aliphatic hydroxyl groups is 1. The minimum Gasteiger partial charge on any atom is -0.408 e. The molecule has 7 heteroatoms. The first-order chi connectivity index (χ1) is 11.7. The lowest BCUT2D eigenvalue weighted by atomic mass is 10.0. The molecular formula is C17H23N3O4. The Bertz CT molecular complexity index is 750. The third kappa shape index (κ3) is 3.46. The Morgan fingerprint density at radius 2 is 2.17 bits per heavy atom. The van der Waals surface area contributed by atoms with Gasteiger partial charge < -0.3 is 19.7 Å². The molecule has 1 aliphatic rings. The van der Waals surface area contributed by atoms with Crippen LogP contribution in [0, 0.1) is 0 Å². The van der Waals surface area contributed by atoms with Crippen LogP contribution in [-0.4, -0.2) is 46.3 Å². The fourth-order valence-corrected chi connectivity index (χ4v) is 3.32. The van der Waals surface area contributed by atoms with Crippen molar-refractivity contribution < 1.29 is 14.3 Å². The summed E-state index contributed by atoms with van der Waals surface area (Å²) in [6, 6.07) is 7.20. The van der Waals surface area contributed by atoms with Gasteiger partial charge in [0.2, 0.25) is 0 Å². The van der Waals surface area contributed by atoms with E-state index in [1.165, 1.54) is 4.57 Å². The Kier molecular flexibility index (Phi) is 5.20. The van der Waals surface area contributed by atoms with E-state index in [0.29, 0.717) is 31.6 Å². The van der Waals surface area contributed by atoms with Crippen LogP contribution in [-0.2, 0) is 6.54 Å². The number of fused-ring (bicyclic) bond motifs is 1. The highest BCUT2D eigenvalue weighted by atomic mass is 16.4.